The van der Waals surface area contributed by atoms with Gasteiger partial charge in [-0.1, -0.05) is 28.1 Å². The number of nitrogens with zero attached hydrogens (tertiary/aromatic N) is 2. The molecule has 15 heavy (non-hydrogen) atoms. The molecule has 0 N–H and O–H groups in total. The number of halogens is 1. The van der Waals surface area contributed by atoms with E-state index in [9.17, 15) is 0 Å². The Morgan fingerprint density at radius 2 is 2.07 bits per heavy atom. The van der Waals surface area contributed by atoms with Crippen LogP contribution in [0.3, 0.4) is 0 Å². The summed E-state index contributed by atoms with van der Waals surface area (Å²) >= 11 is 4.92. The van der Waals surface area contributed by atoms with Gasteiger partial charge in [0.1, 0.15) is 5.01 Å². The zero-order valence-corrected chi connectivity index (χ0v) is 10.2. The van der Waals surface area contributed by atoms with Gasteiger partial charge in [-0.2, -0.15) is 5.26 Å². The van der Waals surface area contributed by atoms with Crippen LogP contribution in [0.15, 0.2) is 34.1 Å². The number of hydrogen-bond donors (Lipinski definition) is 0. The third-order valence-corrected chi connectivity index (χ3v) is 3.30. The van der Waals surface area contributed by atoms with Crippen molar-refractivity contribution in [2.24, 2.45) is 0 Å². The summed E-state index contributed by atoms with van der Waals surface area (Å²) in [4.78, 5) is 4.38. The lowest BCUT2D eigenvalue weighted by Crippen LogP contribution is -1.81. The maximum absolute atomic E-state index is 8.55. The second-order valence-corrected chi connectivity index (χ2v) is 4.83. The standard InChI is InChI=1S/C11H7BrN2S/c12-9-3-1-8(2-4-9)10-7-15-11(14-10)5-6-13/h1-4,7H,5H2. The topological polar surface area (TPSA) is 36.7 Å². The van der Waals surface area contributed by atoms with Gasteiger partial charge in [0.25, 0.3) is 0 Å². The lowest BCUT2D eigenvalue weighted by atomic mass is 10.2. The summed E-state index contributed by atoms with van der Waals surface area (Å²) in [5.41, 5.74) is 2.02. The fraction of sp³-hybridized carbons (Fsp3) is 0.0909. The molecule has 0 aliphatic heterocycles. The maximum atomic E-state index is 8.55. The second-order valence-electron chi connectivity index (χ2n) is 2.97. The van der Waals surface area contributed by atoms with Crippen molar-refractivity contribution in [3.05, 3.63) is 39.1 Å². The minimum atomic E-state index is 0.390. The van der Waals surface area contributed by atoms with Crippen LogP contribution in [0.1, 0.15) is 5.01 Å². The first-order valence-electron chi connectivity index (χ1n) is 4.37. The van der Waals surface area contributed by atoms with Crippen LogP contribution in [0.2, 0.25) is 0 Å². The number of hydrogen-bond acceptors (Lipinski definition) is 3. The van der Waals surface area contributed by atoms with Crippen molar-refractivity contribution in [2.45, 2.75) is 6.42 Å². The number of thiazole rings is 1. The Kier molecular flexibility index (Phi) is 3.14. The summed E-state index contributed by atoms with van der Waals surface area (Å²) in [5, 5.41) is 11.4. The maximum Gasteiger partial charge on any atom is 0.107 e. The minimum absolute atomic E-state index is 0.390. The predicted molar refractivity (Wildman–Crippen MR) is 64.6 cm³/mol. The minimum Gasteiger partial charge on any atom is -0.240 e. The van der Waals surface area contributed by atoms with Gasteiger partial charge in [0, 0.05) is 15.4 Å². The molecule has 0 bridgehead atoms. The van der Waals surface area contributed by atoms with Crippen LogP contribution >= 0.6 is 27.3 Å². The molecule has 1 aromatic carbocycles. The van der Waals surface area contributed by atoms with Crippen molar-refractivity contribution >= 4 is 27.3 Å². The Bertz CT molecular complexity index is 496. The molecule has 74 valence electrons. The van der Waals surface area contributed by atoms with E-state index in [1.807, 2.05) is 29.6 Å². The molecular weight excluding hydrogens is 272 g/mol. The Morgan fingerprint density at radius 1 is 1.33 bits per heavy atom. The van der Waals surface area contributed by atoms with E-state index in [2.05, 4.69) is 27.0 Å². The normalized spacial score (nSPS) is 9.87. The van der Waals surface area contributed by atoms with Crippen molar-refractivity contribution < 1.29 is 0 Å². The van der Waals surface area contributed by atoms with Crippen molar-refractivity contribution in [1.29, 1.82) is 5.26 Å². The fourth-order valence-corrected chi connectivity index (χ4v) is 2.21. The van der Waals surface area contributed by atoms with E-state index in [0.29, 0.717) is 6.42 Å². The van der Waals surface area contributed by atoms with Gasteiger partial charge in [-0.3, -0.25) is 0 Å². The van der Waals surface area contributed by atoms with Crippen LogP contribution in [0.5, 0.6) is 0 Å². The molecule has 0 aliphatic rings. The highest BCUT2D eigenvalue weighted by atomic mass is 79.9. The Hall–Kier alpha value is -1.18. The summed E-state index contributed by atoms with van der Waals surface area (Å²) in [5.74, 6) is 0. The van der Waals surface area contributed by atoms with E-state index < -0.39 is 0 Å². The molecule has 0 saturated heterocycles. The van der Waals surface area contributed by atoms with Gasteiger partial charge in [0.05, 0.1) is 18.2 Å². The molecule has 4 heteroatoms. The summed E-state index contributed by atoms with van der Waals surface area (Å²) in [6.07, 6.45) is 0.390. The third kappa shape index (κ3) is 2.44. The average Bonchev–Trinajstić information content (AvgIpc) is 2.68. The zero-order valence-electron chi connectivity index (χ0n) is 7.77. The van der Waals surface area contributed by atoms with E-state index >= 15 is 0 Å². The van der Waals surface area contributed by atoms with Gasteiger partial charge in [-0.05, 0) is 12.1 Å². The first-order valence-corrected chi connectivity index (χ1v) is 6.04. The van der Waals surface area contributed by atoms with Crippen LogP contribution in [-0.2, 0) is 6.42 Å². The third-order valence-electron chi connectivity index (χ3n) is 1.92. The Morgan fingerprint density at radius 3 is 2.73 bits per heavy atom. The summed E-state index contributed by atoms with van der Waals surface area (Å²) < 4.78 is 1.05. The highest BCUT2D eigenvalue weighted by Crippen LogP contribution is 2.23. The van der Waals surface area contributed by atoms with Crippen LogP contribution in [-0.4, -0.2) is 4.98 Å². The molecule has 0 amide bonds. The molecule has 2 rings (SSSR count). The lowest BCUT2D eigenvalue weighted by molar-refractivity contribution is 1.19. The summed E-state index contributed by atoms with van der Waals surface area (Å²) in [7, 11) is 0. The van der Waals surface area contributed by atoms with Gasteiger partial charge in [-0.15, -0.1) is 11.3 Å². The Labute approximate surface area is 100 Å². The molecule has 0 aliphatic carbocycles. The SMILES string of the molecule is N#CCc1nc(-c2ccc(Br)cc2)cs1. The summed E-state index contributed by atoms with van der Waals surface area (Å²) in [6.45, 7) is 0. The van der Waals surface area contributed by atoms with E-state index in [4.69, 9.17) is 5.26 Å². The lowest BCUT2D eigenvalue weighted by Gasteiger charge is -1.95. The average molecular weight is 279 g/mol. The van der Waals surface area contributed by atoms with Gasteiger partial charge in [0.2, 0.25) is 0 Å². The number of benzene rings is 1. The molecule has 0 saturated carbocycles. The summed E-state index contributed by atoms with van der Waals surface area (Å²) in [6, 6.07) is 10.1. The quantitative estimate of drug-likeness (QED) is 0.841. The molecule has 0 atom stereocenters. The number of aromatic nitrogens is 1. The van der Waals surface area contributed by atoms with Crippen LogP contribution in [0.4, 0.5) is 0 Å². The number of rotatable bonds is 2. The van der Waals surface area contributed by atoms with Crippen molar-refractivity contribution in [1.82, 2.24) is 4.98 Å². The van der Waals surface area contributed by atoms with E-state index in [1.54, 1.807) is 0 Å². The molecular formula is C11H7BrN2S. The fourth-order valence-electron chi connectivity index (χ4n) is 1.21. The monoisotopic (exact) mass is 278 g/mol. The molecule has 0 spiro atoms. The van der Waals surface area contributed by atoms with Crippen molar-refractivity contribution in [3.8, 4) is 17.3 Å². The van der Waals surface area contributed by atoms with Gasteiger partial charge in [0.15, 0.2) is 0 Å². The van der Waals surface area contributed by atoms with Crippen molar-refractivity contribution in [3.63, 3.8) is 0 Å². The molecule has 0 unspecified atom stereocenters. The van der Waals surface area contributed by atoms with Gasteiger partial charge in [-0.25, -0.2) is 4.98 Å². The van der Waals surface area contributed by atoms with Crippen LogP contribution < -0.4 is 0 Å². The molecule has 1 heterocycles. The van der Waals surface area contributed by atoms with Gasteiger partial charge >= 0.3 is 0 Å². The molecule has 0 fully saturated rings. The van der Waals surface area contributed by atoms with Crippen LogP contribution in [0.25, 0.3) is 11.3 Å². The highest BCUT2D eigenvalue weighted by Gasteiger charge is 2.03. The Balaban J connectivity index is 2.30. The smallest absolute Gasteiger partial charge is 0.107 e. The zero-order chi connectivity index (χ0) is 10.7. The van der Waals surface area contributed by atoms with E-state index in [-0.39, 0.29) is 0 Å². The first-order chi connectivity index (χ1) is 7.29. The molecule has 2 aromatic rings. The number of nitriles is 1. The molecule has 1 aromatic heterocycles. The molecule has 0 radical (unpaired) electrons. The highest BCUT2D eigenvalue weighted by molar-refractivity contribution is 9.10. The second kappa shape index (κ2) is 4.56. The first kappa shape index (κ1) is 10.3. The predicted octanol–water partition coefficient (Wildman–Crippen LogP) is 3.64. The van der Waals surface area contributed by atoms with Gasteiger partial charge < -0.3 is 0 Å². The largest absolute Gasteiger partial charge is 0.240 e. The van der Waals surface area contributed by atoms with Crippen molar-refractivity contribution in [2.75, 3.05) is 0 Å². The van der Waals surface area contributed by atoms with E-state index in [0.717, 1.165) is 20.7 Å². The van der Waals surface area contributed by atoms with Crippen LogP contribution in [0, 0.1) is 11.3 Å². The molecule has 2 nitrogen and oxygen atoms in total. The van der Waals surface area contributed by atoms with E-state index in [1.165, 1.54) is 11.3 Å².